The summed E-state index contributed by atoms with van der Waals surface area (Å²) in [7, 11) is 0. The summed E-state index contributed by atoms with van der Waals surface area (Å²) in [5.74, 6) is 1.37. The first-order valence-electron chi connectivity index (χ1n) is 5.38. The first kappa shape index (κ1) is 12.4. The number of ether oxygens (including phenoxy) is 1. The van der Waals surface area contributed by atoms with E-state index in [2.05, 4.69) is 18.0 Å². The van der Waals surface area contributed by atoms with Crippen molar-refractivity contribution in [2.45, 2.75) is 26.3 Å². The number of benzene rings is 1. The van der Waals surface area contributed by atoms with Gasteiger partial charge in [0.25, 0.3) is 0 Å². The van der Waals surface area contributed by atoms with Crippen molar-refractivity contribution in [3.05, 3.63) is 45.4 Å². The molecule has 0 aliphatic carbocycles. The summed E-state index contributed by atoms with van der Waals surface area (Å²) in [5.41, 5.74) is 3.31. The van der Waals surface area contributed by atoms with Gasteiger partial charge in [0.05, 0.1) is 11.6 Å². The summed E-state index contributed by atoms with van der Waals surface area (Å²) >= 11 is 7.29. The fourth-order valence-corrected chi connectivity index (χ4v) is 2.51. The maximum absolute atomic E-state index is 5.74. The molecule has 0 radical (unpaired) electrons. The lowest BCUT2D eigenvalue weighted by molar-refractivity contribution is 0.303. The zero-order valence-electron chi connectivity index (χ0n) is 9.87. The Kier molecular flexibility index (Phi) is 4.02. The summed E-state index contributed by atoms with van der Waals surface area (Å²) in [5, 5.41) is 2.92. The molecule has 0 spiro atoms. The number of alkyl halides is 1. The van der Waals surface area contributed by atoms with E-state index in [0.717, 1.165) is 22.0 Å². The van der Waals surface area contributed by atoms with Crippen LogP contribution >= 0.6 is 22.9 Å². The van der Waals surface area contributed by atoms with Crippen LogP contribution in [0.3, 0.4) is 0 Å². The van der Waals surface area contributed by atoms with Crippen molar-refractivity contribution in [1.82, 2.24) is 4.98 Å². The maximum atomic E-state index is 5.74. The second-order valence-corrected chi connectivity index (χ2v) is 5.13. The lowest BCUT2D eigenvalue weighted by Gasteiger charge is -2.07. The van der Waals surface area contributed by atoms with Crippen LogP contribution in [0.1, 0.15) is 21.8 Å². The van der Waals surface area contributed by atoms with Crippen molar-refractivity contribution in [3.63, 3.8) is 0 Å². The number of hydrogen-bond donors (Lipinski definition) is 0. The molecule has 1 aromatic carbocycles. The largest absolute Gasteiger partial charge is 0.486 e. The molecule has 0 aliphatic rings. The Morgan fingerprint density at radius 3 is 2.82 bits per heavy atom. The Bertz CT molecular complexity index is 510. The summed E-state index contributed by atoms with van der Waals surface area (Å²) in [4.78, 5) is 4.35. The summed E-state index contributed by atoms with van der Waals surface area (Å²) in [6.07, 6.45) is 0. The Labute approximate surface area is 110 Å². The Morgan fingerprint density at radius 2 is 2.18 bits per heavy atom. The van der Waals surface area contributed by atoms with E-state index in [-0.39, 0.29) is 0 Å². The average Bonchev–Trinajstić information content (AvgIpc) is 2.76. The molecule has 0 saturated carbocycles. The van der Waals surface area contributed by atoms with Crippen molar-refractivity contribution in [1.29, 1.82) is 0 Å². The summed E-state index contributed by atoms with van der Waals surface area (Å²) in [6, 6.07) is 6.16. The molecular weight excluding hydrogens is 254 g/mol. The second-order valence-electron chi connectivity index (χ2n) is 3.92. The van der Waals surface area contributed by atoms with Crippen LogP contribution in [0.25, 0.3) is 0 Å². The van der Waals surface area contributed by atoms with Gasteiger partial charge >= 0.3 is 0 Å². The highest BCUT2D eigenvalue weighted by Crippen LogP contribution is 2.21. The first-order chi connectivity index (χ1) is 8.19. The zero-order chi connectivity index (χ0) is 12.3. The molecule has 0 atom stereocenters. The molecule has 2 aromatic rings. The Balaban J connectivity index is 2.02. The van der Waals surface area contributed by atoms with E-state index in [1.807, 2.05) is 24.4 Å². The SMILES string of the molecule is Cc1ccc(OCc2nc(CCl)cs2)c(C)c1. The second kappa shape index (κ2) is 5.52. The minimum atomic E-state index is 0.458. The highest BCUT2D eigenvalue weighted by Gasteiger charge is 2.04. The van der Waals surface area contributed by atoms with Gasteiger partial charge in [-0.1, -0.05) is 17.7 Å². The van der Waals surface area contributed by atoms with Gasteiger partial charge in [0, 0.05) is 5.38 Å². The van der Waals surface area contributed by atoms with Crippen LogP contribution in [0.5, 0.6) is 5.75 Å². The molecule has 1 aromatic heterocycles. The molecule has 0 aliphatic heterocycles. The van der Waals surface area contributed by atoms with E-state index in [4.69, 9.17) is 16.3 Å². The van der Waals surface area contributed by atoms with E-state index < -0.39 is 0 Å². The van der Waals surface area contributed by atoms with Crippen molar-refractivity contribution in [2.75, 3.05) is 0 Å². The van der Waals surface area contributed by atoms with Crippen molar-refractivity contribution < 1.29 is 4.74 Å². The van der Waals surface area contributed by atoms with Crippen LogP contribution in [0.2, 0.25) is 0 Å². The van der Waals surface area contributed by atoms with Gasteiger partial charge < -0.3 is 4.74 Å². The highest BCUT2D eigenvalue weighted by atomic mass is 35.5. The van der Waals surface area contributed by atoms with Crippen LogP contribution in [-0.4, -0.2) is 4.98 Å². The van der Waals surface area contributed by atoms with Gasteiger partial charge in [-0.2, -0.15) is 0 Å². The van der Waals surface area contributed by atoms with Crippen molar-refractivity contribution in [3.8, 4) is 5.75 Å². The molecule has 90 valence electrons. The number of aromatic nitrogens is 1. The number of hydrogen-bond acceptors (Lipinski definition) is 3. The lowest BCUT2D eigenvalue weighted by atomic mass is 10.1. The first-order valence-corrected chi connectivity index (χ1v) is 6.80. The summed E-state index contributed by atoms with van der Waals surface area (Å²) < 4.78 is 5.74. The standard InChI is InChI=1S/C13H14ClNOS/c1-9-3-4-12(10(2)5-9)16-7-13-15-11(6-14)8-17-13/h3-5,8H,6-7H2,1-2H3. The Morgan fingerprint density at radius 1 is 1.35 bits per heavy atom. The number of thiazole rings is 1. The quantitative estimate of drug-likeness (QED) is 0.779. The molecule has 0 fully saturated rings. The molecule has 0 bridgehead atoms. The fourth-order valence-electron chi connectivity index (χ4n) is 1.58. The molecule has 0 unspecified atom stereocenters. The lowest BCUT2D eigenvalue weighted by Crippen LogP contribution is -1.97. The van der Waals surface area contributed by atoms with Crippen molar-refractivity contribution in [2.24, 2.45) is 0 Å². The van der Waals surface area contributed by atoms with E-state index >= 15 is 0 Å². The molecule has 4 heteroatoms. The van der Waals surface area contributed by atoms with Crippen LogP contribution in [0.15, 0.2) is 23.6 Å². The molecule has 2 nitrogen and oxygen atoms in total. The fraction of sp³-hybridized carbons (Fsp3) is 0.308. The normalized spacial score (nSPS) is 10.5. The molecule has 2 rings (SSSR count). The third-order valence-corrected chi connectivity index (χ3v) is 3.56. The van der Waals surface area contributed by atoms with E-state index in [9.17, 15) is 0 Å². The number of rotatable bonds is 4. The molecular formula is C13H14ClNOS. The van der Waals surface area contributed by atoms with E-state index in [1.54, 1.807) is 11.3 Å². The monoisotopic (exact) mass is 267 g/mol. The third-order valence-electron chi connectivity index (χ3n) is 2.42. The van der Waals surface area contributed by atoms with Crippen molar-refractivity contribution >= 4 is 22.9 Å². The maximum Gasteiger partial charge on any atom is 0.140 e. The van der Waals surface area contributed by atoms with Gasteiger partial charge in [-0.15, -0.1) is 22.9 Å². The van der Waals surface area contributed by atoms with Gasteiger partial charge in [-0.3, -0.25) is 0 Å². The Hall–Kier alpha value is -1.06. The van der Waals surface area contributed by atoms with E-state index in [0.29, 0.717) is 12.5 Å². The summed E-state index contributed by atoms with van der Waals surface area (Å²) in [6.45, 7) is 4.63. The van der Waals surface area contributed by atoms with Gasteiger partial charge in [0.1, 0.15) is 17.4 Å². The zero-order valence-corrected chi connectivity index (χ0v) is 11.4. The van der Waals surface area contributed by atoms with Gasteiger partial charge in [-0.25, -0.2) is 4.98 Å². The minimum absolute atomic E-state index is 0.458. The molecule has 1 heterocycles. The van der Waals surface area contributed by atoms with Gasteiger partial charge in [0.2, 0.25) is 0 Å². The molecule has 0 amide bonds. The predicted molar refractivity (Wildman–Crippen MR) is 71.9 cm³/mol. The van der Waals surface area contributed by atoms with E-state index in [1.165, 1.54) is 5.56 Å². The third kappa shape index (κ3) is 3.20. The van der Waals surface area contributed by atoms with Crippen LogP contribution in [0.4, 0.5) is 0 Å². The molecule has 0 N–H and O–H groups in total. The van der Waals surface area contributed by atoms with Crippen LogP contribution < -0.4 is 4.74 Å². The van der Waals surface area contributed by atoms with Gasteiger partial charge in [0.15, 0.2) is 0 Å². The highest BCUT2D eigenvalue weighted by molar-refractivity contribution is 7.09. The average molecular weight is 268 g/mol. The van der Waals surface area contributed by atoms with Crippen LogP contribution in [-0.2, 0) is 12.5 Å². The van der Waals surface area contributed by atoms with Crippen LogP contribution in [0, 0.1) is 13.8 Å². The molecule has 17 heavy (non-hydrogen) atoms. The predicted octanol–water partition coefficient (Wildman–Crippen LogP) is 4.08. The number of aryl methyl sites for hydroxylation is 2. The minimum Gasteiger partial charge on any atom is -0.486 e. The topological polar surface area (TPSA) is 22.1 Å². The van der Waals surface area contributed by atoms with Gasteiger partial charge in [-0.05, 0) is 25.5 Å². The smallest absolute Gasteiger partial charge is 0.140 e. The molecule has 0 saturated heterocycles. The number of nitrogens with zero attached hydrogens (tertiary/aromatic N) is 1. The number of halogens is 1.